The first kappa shape index (κ1) is 16.6. The molecule has 0 aliphatic carbocycles. The molecule has 4 heterocycles. The van der Waals surface area contributed by atoms with Crippen LogP contribution in [0.5, 0.6) is 0 Å². The van der Waals surface area contributed by atoms with Gasteiger partial charge in [-0.2, -0.15) is 0 Å². The minimum absolute atomic E-state index is 0.0179. The minimum Gasteiger partial charge on any atom is -0.338 e. The van der Waals surface area contributed by atoms with Crippen LogP contribution in [0.4, 0.5) is 4.39 Å². The highest BCUT2D eigenvalue weighted by Crippen LogP contribution is 2.29. The summed E-state index contributed by atoms with van der Waals surface area (Å²) in [7, 11) is 0. The number of aromatic amines is 1. The van der Waals surface area contributed by atoms with Crippen LogP contribution >= 0.6 is 11.6 Å². The first-order valence-electron chi connectivity index (χ1n) is 7.94. The topological polar surface area (TPSA) is 96.2 Å². The zero-order valence-corrected chi connectivity index (χ0v) is 14.5. The molecule has 26 heavy (non-hydrogen) atoms. The first-order chi connectivity index (χ1) is 12.5. The molecule has 0 atom stereocenters. The molecule has 3 aromatic rings. The second-order valence-electron chi connectivity index (χ2n) is 6.16. The quantitative estimate of drug-likeness (QED) is 0.698. The van der Waals surface area contributed by atoms with Crippen molar-refractivity contribution in [2.45, 2.75) is 6.92 Å². The average Bonchev–Trinajstić information content (AvgIpc) is 2.93. The average molecular weight is 377 g/mol. The van der Waals surface area contributed by atoms with Gasteiger partial charge in [-0.1, -0.05) is 11.6 Å². The number of likely N-dealkylation sites (tertiary alicyclic amines) is 1. The van der Waals surface area contributed by atoms with Gasteiger partial charge in [-0.05, 0) is 6.92 Å². The molecule has 1 amide bonds. The molecule has 1 N–H and O–H groups in total. The van der Waals surface area contributed by atoms with Crippen LogP contribution in [0.15, 0.2) is 23.3 Å². The Morgan fingerprint density at radius 3 is 2.81 bits per heavy atom. The molecule has 8 nitrogen and oxygen atoms in total. The molecule has 0 bridgehead atoms. The fourth-order valence-corrected chi connectivity index (χ4v) is 3.20. The van der Waals surface area contributed by atoms with Gasteiger partial charge in [-0.3, -0.25) is 29.0 Å². The van der Waals surface area contributed by atoms with Crippen molar-refractivity contribution in [2.75, 3.05) is 19.8 Å². The van der Waals surface area contributed by atoms with Crippen molar-refractivity contribution in [1.82, 2.24) is 29.5 Å². The predicted octanol–water partition coefficient (Wildman–Crippen LogP) is 1.48. The number of rotatable bonds is 3. The van der Waals surface area contributed by atoms with Crippen LogP contribution in [0.25, 0.3) is 17.0 Å². The number of nitrogens with zero attached hydrogens (tertiary/aromatic N) is 5. The van der Waals surface area contributed by atoms with E-state index < -0.39 is 12.2 Å². The maximum Gasteiger partial charge on any atom is 0.274 e. The highest BCUT2D eigenvalue weighted by molar-refractivity contribution is 6.29. The van der Waals surface area contributed by atoms with Gasteiger partial charge in [0.25, 0.3) is 11.5 Å². The van der Waals surface area contributed by atoms with E-state index in [-0.39, 0.29) is 28.2 Å². The minimum atomic E-state index is -0.475. The largest absolute Gasteiger partial charge is 0.338 e. The molecule has 0 spiro atoms. The number of aryl methyl sites for hydroxylation is 1. The molecule has 134 valence electrons. The Morgan fingerprint density at radius 2 is 2.12 bits per heavy atom. The second-order valence-corrected chi connectivity index (χ2v) is 6.55. The zero-order valence-electron chi connectivity index (χ0n) is 13.7. The number of halogens is 2. The molecule has 0 aromatic carbocycles. The Balaban J connectivity index is 1.94. The Labute approximate surface area is 151 Å². The molecule has 1 aliphatic rings. The molecule has 0 unspecified atom stereocenters. The van der Waals surface area contributed by atoms with Crippen molar-refractivity contribution < 1.29 is 9.18 Å². The number of aromatic nitrogens is 5. The predicted molar refractivity (Wildman–Crippen MR) is 92.0 cm³/mol. The fourth-order valence-electron chi connectivity index (χ4n) is 3.03. The summed E-state index contributed by atoms with van der Waals surface area (Å²) >= 11 is 5.92. The summed E-state index contributed by atoms with van der Waals surface area (Å²) in [5, 5.41) is 2.87. The van der Waals surface area contributed by atoms with Crippen molar-refractivity contribution in [3.05, 3.63) is 45.2 Å². The summed E-state index contributed by atoms with van der Waals surface area (Å²) in [4.78, 5) is 39.4. The smallest absolute Gasteiger partial charge is 0.274 e. The molecule has 10 heteroatoms. The highest BCUT2D eigenvalue weighted by Gasteiger charge is 2.35. The van der Waals surface area contributed by atoms with Crippen molar-refractivity contribution in [2.24, 2.45) is 5.92 Å². The summed E-state index contributed by atoms with van der Waals surface area (Å²) < 4.78 is 13.9. The number of hydrogen-bond donors (Lipinski definition) is 1. The van der Waals surface area contributed by atoms with Crippen molar-refractivity contribution in [3.63, 3.8) is 0 Å². The SMILES string of the molecule is Cc1nccnc1-c1[nH]n2c(=O)cc(Cl)nc2c1C(=O)N1CC(CF)C1. The number of hydrogen-bond acceptors (Lipinski definition) is 5. The third-order valence-corrected chi connectivity index (χ3v) is 4.57. The van der Waals surface area contributed by atoms with Gasteiger partial charge in [-0.15, -0.1) is 0 Å². The lowest BCUT2D eigenvalue weighted by molar-refractivity contribution is 0.0455. The third-order valence-electron chi connectivity index (χ3n) is 4.38. The molecular formula is C16H14ClFN6O2. The van der Waals surface area contributed by atoms with Crippen LogP contribution in [0.3, 0.4) is 0 Å². The van der Waals surface area contributed by atoms with E-state index in [0.717, 1.165) is 10.6 Å². The molecule has 3 aromatic heterocycles. The molecule has 1 aliphatic heterocycles. The van der Waals surface area contributed by atoms with Gasteiger partial charge >= 0.3 is 0 Å². The van der Waals surface area contributed by atoms with E-state index in [1.807, 2.05) is 0 Å². The summed E-state index contributed by atoms with van der Waals surface area (Å²) in [6.07, 6.45) is 3.03. The van der Waals surface area contributed by atoms with Gasteiger partial charge in [0.2, 0.25) is 0 Å². The lowest BCUT2D eigenvalue weighted by Gasteiger charge is -2.37. The Bertz CT molecular complexity index is 1070. The number of H-pyrrole nitrogens is 1. The standard InChI is InChI=1S/C16H14ClFN6O2/c1-8-13(20-3-2-19-8)14-12(16(26)23-6-9(5-18)7-23)15-21-10(17)4-11(25)24(15)22-14/h2-4,9,22H,5-7H2,1H3. The van der Waals surface area contributed by atoms with Gasteiger partial charge in [0, 0.05) is 37.5 Å². The van der Waals surface area contributed by atoms with E-state index in [1.54, 1.807) is 6.92 Å². The first-order valence-corrected chi connectivity index (χ1v) is 8.32. The lowest BCUT2D eigenvalue weighted by Crippen LogP contribution is -2.50. The molecule has 4 rings (SSSR count). The summed E-state index contributed by atoms with van der Waals surface area (Å²) in [6, 6.07) is 1.15. The Kier molecular flexibility index (Phi) is 3.95. The van der Waals surface area contributed by atoms with E-state index >= 15 is 0 Å². The number of carbonyl (C=O) groups excluding carboxylic acids is 1. The van der Waals surface area contributed by atoms with Crippen LogP contribution in [0.2, 0.25) is 5.15 Å². The Hall–Kier alpha value is -2.81. The van der Waals surface area contributed by atoms with Crippen LogP contribution in [0, 0.1) is 12.8 Å². The molecule has 0 saturated carbocycles. The third kappa shape index (κ3) is 2.55. The summed E-state index contributed by atoms with van der Waals surface area (Å²) in [6.45, 7) is 1.90. The van der Waals surface area contributed by atoms with Crippen molar-refractivity contribution >= 4 is 23.2 Å². The zero-order chi connectivity index (χ0) is 18.4. The number of carbonyl (C=O) groups is 1. The van der Waals surface area contributed by atoms with E-state index in [2.05, 4.69) is 20.1 Å². The molecule has 0 radical (unpaired) electrons. The van der Waals surface area contributed by atoms with E-state index in [4.69, 9.17) is 11.6 Å². The second kappa shape index (κ2) is 6.17. The van der Waals surface area contributed by atoms with E-state index in [0.29, 0.717) is 30.2 Å². The number of fused-ring (bicyclic) bond motifs is 1. The molecule has 1 saturated heterocycles. The van der Waals surface area contributed by atoms with Crippen LogP contribution in [-0.4, -0.2) is 55.1 Å². The summed E-state index contributed by atoms with van der Waals surface area (Å²) in [5.41, 5.74) is 1.17. The monoisotopic (exact) mass is 376 g/mol. The van der Waals surface area contributed by atoms with Crippen LogP contribution in [0.1, 0.15) is 16.1 Å². The fraction of sp³-hybridized carbons (Fsp3) is 0.312. The van der Waals surface area contributed by atoms with Gasteiger partial charge < -0.3 is 4.90 Å². The normalized spacial score (nSPS) is 14.7. The van der Waals surface area contributed by atoms with Crippen molar-refractivity contribution in [3.8, 4) is 11.4 Å². The maximum atomic E-state index is 13.0. The van der Waals surface area contributed by atoms with Crippen LogP contribution < -0.4 is 5.56 Å². The molecular weight excluding hydrogens is 363 g/mol. The van der Waals surface area contributed by atoms with Gasteiger partial charge in [0.05, 0.1) is 18.1 Å². The summed E-state index contributed by atoms with van der Waals surface area (Å²) in [5.74, 6) is -0.521. The van der Waals surface area contributed by atoms with E-state index in [1.165, 1.54) is 17.3 Å². The van der Waals surface area contributed by atoms with Gasteiger partial charge in [-0.25, -0.2) is 9.50 Å². The number of nitrogens with one attached hydrogen (secondary N) is 1. The Morgan fingerprint density at radius 1 is 1.38 bits per heavy atom. The van der Waals surface area contributed by atoms with Gasteiger partial charge in [0.15, 0.2) is 5.65 Å². The highest BCUT2D eigenvalue weighted by atomic mass is 35.5. The maximum absolute atomic E-state index is 13.0. The van der Waals surface area contributed by atoms with E-state index in [9.17, 15) is 14.0 Å². The molecule has 1 fully saturated rings. The van der Waals surface area contributed by atoms with Crippen molar-refractivity contribution in [1.29, 1.82) is 0 Å². The van der Waals surface area contributed by atoms with Gasteiger partial charge in [0.1, 0.15) is 16.4 Å². The number of amides is 1. The number of alkyl halides is 1. The lowest BCUT2D eigenvalue weighted by atomic mass is 10.00. The van der Waals surface area contributed by atoms with Crippen LogP contribution in [-0.2, 0) is 0 Å².